The molecule has 0 spiro atoms. The van der Waals surface area contributed by atoms with Crippen LogP contribution in [0.15, 0.2) is 78.9 Å². The van der Waals surface area contributed by atoms with Crippen molar-refractivity contribution in [1.82, 2.24) is 4.90 Å². The van der Waals surface area contributed by atoms with Gasteiger partial charge in [-0.1, -0.05) is 85.8 Å². The van der Waals surface area contributed by atoms with E-state index in [1.54, 1.807) is 0 Å². The van der Waals surface area contributed by atoms with E-state index in [-0.39, 0.29) is 12.0 Å². The monoisotopic (exact) mass is 399 g/mol. The molecule has 3 aromatic rings. The largest absolute Gasteiger partial charge is 0.481 e. The Bertz CT molecular complexity index is 964. The van der Waals surface area contributed by atoms with Crippen LogP contribution in [-0.2, 0) is 11.2 Å². The predicted octanol–water partition coefficient (Wildman–Crippen LogP) is 5.80. The molecule has 0 saturated carbocycles. The maximum Gasteiger partial charge on any atom is 0.307 e. The third-order valence-electron chi connectivity index (χ3n) is 6.20. The highest BCUT2D eigenvalue weighted by Crippen LogP contribution is 2.34. The molecule has 1 saturated heterocycles. The Hall–Kier alpha value is -2.91. The van der Waals surface area contributed by atoms with Crippen LogP contribution >= 0.6 is 0 Å². The summed E-state index contributed by atoms with van der Waals surface area (Å²) in [6.45, 7) is 3.68. The highest BCUT2D eigenvalue weighted by molar-refractivity contribution is 5.70. The SMILES string of the molecule is CCc1ccc(C(c2ccc(-c3ccccc3)cc2)N2CCCC(C(=O)O)C2)cc1. The number of aryl methyl sites for hydroxylation is 1. The molecule has 154 valence electrons. The first-order valence-electron chi connectivity index (χ1n) is 10.9. The minimum atomic E-state index is -0.681. The molecule has 2 atom stereocenters. The first kappa shape index (κ1) is 20.4. The van der Waals surface area contributed by atoms with E-state index in [1.807, 2.05) is 6.07 Å². The molecule has 3 nitrogen and oxygen atoms in total. The highest BCUT2D eigenvalue weighted by Gasteiger charge is 2.31. The topological polar surface area (TPSA) is 40.5 Å². The molecule has 3 heteroatoms. The Morgan fingerprint density at radius 2 is 1.53 bits per heavy atom. The summed E-state index contributed by atoms with van der Waals surface area (Å²) in [7, 11) is 0. The molecule has 2 unspecified atom stereocenters. The van der Waals surface area contributed by atoms with Crippen molar-refractivity contribution in [2.45, 2.75) is 32.2 Å². The zero-order chi connectivity index (χ0) is 20.9. The molecule has 1 aliphatic heterocycles. The van der Waals surface area contributed by atoms with Crippen LogP contribution in [-0.4, -0.2) is 29.1 Å². The molecule has 0 aliphatic carbocycles. The number of nitrogens with zero attached hydrogens (tertiary/aromatic N) is 1. The van der Waals surface area contributed by atoms with E-state index in [4.69, 9.17) is 0 Å². The molecular formula is C27H29NO2. The van der Waals surface area contributed by atoms with Crippen molar-refractivity contribution in [3.8, 4) is 11.1 Å². The predicted molar refractivity (Wildman–Crippen MR) is 121 cm³/mol. The van der Waals surface area contributed by atoms with Gasteiger partial charge >= 0.3 is 5.97 Å². The first-order chi connectivity index (χ1) is 14.7. The van der Waals surface area contributed by atoms with Crippen molar-refractivity contribution in [3.05, 3.63) is 95.6 Å². The number of aliphatic carboxylic acids is 1. The maximum absolute atomic E-state index is 11.7. The zero-order valence-corrected chi connectivity index (χ0v) is 17.5. The summed E-state index contributed by atoms with van der Waals surface area (Å²) < 4.78 is 0. The number of carboxylic acids is 1. The summed E-state index contributed by atoms with van der Waals surface area (Å²) in [4.78, 5) is 14.0. The summed E-state index contributed by atoms with van der Waals surface area (Å²) in [5, 5.41) is 9.58. The number of carbonyl (C=O) groups is 1. The van der Waals surface area contributed by atoms with Gasteiger partial charge in [0.25, 0.3) is 0 Å². The van der Waals surface area contributed by atoms with Gasteiger partial charge in [-0.05, 0) is 53.6 Å². The van der Waals surface area contributed by atoms with Crippen LogP contribution in [0.5, 0.6) is 0 Å². The summed E-state index contributed by atoms with van der Waals surface area (Å²) in [5.74, 6) is -0.973. The van der Waals surface area contributed by atoms with Crippen LogP contribution < -0.4 is 0 Å². The Kier molecular flexibility index (Phi) is 6.29. The molecule has 0 aromatic heterocycles. The Labute approximate surface area is 179 Å². The fourth-order valence-electron chi connectivity index (χ4n) is 4.48. The summed E-state index contributed by atoms with van der Waals surface area (Å²) >= 11 is 0. The lowest BCUT2D eigenvalue weighted by Crippen LogP contribution is -2.41. The Morgan fingerprint density at radius 3 is 2.13 bits per heavy atom. The van der Waals surface area contributed by atoms with Gasteiger partial charge in [0.2, 0.25) is 0 Å². The molecule has 30 heavy (non-hydrogen) atoms. The third-order valence-corrected chi connectivity index (χ3v) is 6.20. The van der Waals surface area contributed by atoms with E-state index in [9.17, 15) is 9.90 Å². The quantitative estimate of drug-likeness (QED) is 0.569. The molecule has 1 heterocycles. The molecular weight excluding hydrogens is 370 g/mol. The van der Waals surface area contributed by atoms with Crippen LogP contribution in [0.25, 0.3) is 11.1 Å². The van der Waals surface area contributed by atoms with Crippen molar-refractivity contribution >= 4 is 5.97 Å². The lowest BCUT2D eigenvalue weighted by molar-refractivity contribution is -0.143. The lowest BCUT2D eigenvalue weighted by atomic mass is 9.90. The van der Waals surface area contributed by atoms with E-state index >= 15 is 0 Å². The molecule has 4 rings (SSSR count). The van der Waals surface area contributed by atoms with Gasteiger partial charge in [0, 0.05) is 6.54 Å². The van der Waals surface area contributed by atoms with Crippen molar-refractivity contribution in [2.24, 2.45) is 5.92 Å². The minimum absolute atomic E-state index is 0.0721. The van der Waals surface area contributed by atoms with Gasteiger partial charge < -0.3 is 5.11 Å². The standard InChI is InChI=1S/C27H29NO2/c1-2-20-10-12-23(13-11-20)26(28-18-6-9-25(19-28)27(29)30)24-16-14-22(15-17-24)21-7-4-3-5-8-21/h3-5,7-8,10-17,25-26H,2,6,9,18-19H2,1H3,(H,29,30). The minimum Gasteiger partial charge on any atom is -0.481 e. The van der Waals surface area contributed by atoms with Crippen molar-refractivity contribution in [2.75, 3.05) is 13.1 Å². The Balaban J connectivity index is 1.68. The second-order valence-electron chi connectivity index (χ2n) is 8.16. The number of hydrogen-bond donors (Lipinski definition) is 1. The van der Waals surface area contributed by atoms with Crippen LogP contribution in [0.1, 0.15) is 42.5 Å². The van der Waals surface area contributed by atoms with Gasteiger partial charge in [-0.15, -0.1) is 0 Å². The number of likely N-dealkylation sites (tertiary alicyclic amines) is 1. The number of benzene rings is 3. The van der Waals surface area contributed by atoms with Crippen LogP contribution in [0, 0.1) is 5.92 Å². The molecule has 3 aromatic carbocycles. The van der Waals surface area contributed by atoms with E-state index in [0.717, 1.165) is 25.8 Å². The van der Waals surface area contributed by atoms with E-state index in [1.165, 1.54) is 27.8 Å². The van der Waals surface area contributed by atoms with Gasteiger partial charge in [0.15, 0.2) is 0 Å². The molecule has 0 bridgehead atoms. The summed E-state index contributed by atoms with van der Waals surface area (Å²) in [6, 6.07) is 28.0. The van der Waals surface area contributed by atoms with Gasteiger partial charge in [-0.2, -0.15) is 0 Å². The maximum atomic E-state index is 11.7. The van der Waals surface area contributed by atoms with E-state index in [2.05, 4.69) is 84.6 Å². The molecule has 0 amide bonds. The first-order valence-corrected chi connectivity index (χ1v) is 10.9. The van der Waals surface area contributed by atoms with Crippen molar-refractivity contribution < 1.29 is 9.90 Å². The van der Waals surface area contributed by atoms with Gasteiger partial charge in [-0.25, -0.2) is 0 Å². The molecule has 0 radical (unpaired) electrons. The number of hydrogen-bond acceptors (Lipinski definition) is 2. The fourth-order valence-corrected chi connectivity index (χ4v) is 4.48. The number of rotatable bonds is 6. The Morgan fingerprint density at radius 1 is 0.933 bits per heavy atom. The summed E-state index contributed by atoms with van der Waals surface area (Å²) in [5.41, 5.74) is 6.16. The average Bonchev–Trinajstić information content (AvgIpc) is 2.81. The van der Waals surface area contributed by atoms with Crippen molar-refractivity contribution in [3.63, 3.8) is 0 Å². The smallest absolute Gasteiger partial charge is 0.307 e. The van der Waals surface area contributed by atoms with Gasteiger partial charge in [0.1, 0.15) is 0 Å². The van der Waals surface area contributed by atoms with E-state index < -0.39 is 5.97 Å². The average molecular weight is 400 g/mol. The highest BCUT2D eigenvalue weighted by atomic mass is 16.4. The fraction of sp³-hybridized carbons (Fsp3) is 0.296. The van der Waals surface area contributed by atoms with Gasteiger partial charge in [0.05, 0.1) is 12.0 Å². The van der Waals surface area contributed by atoms with Crippen LogP contribution in [0.3, 0.4) is 0 Å². The lowest BCUT2D eigenvalue weighted by Gasteiger charge is -2.37. The van der Waals surface area contributed by atoms with E-state index in [0.29, 0.717) is 6.54 Å². The van der Waals surface area contributed by atoms with Crippen molar-refractivity contribution in [1.29, 1.82) is 0 Å². The normalized spacial score (nSPS) is 18.1. The second-order valence-corrected chi connectivity index (χ2v) is 8.16. The van der Waals surface area contributed by atoms with Gasteiger partial charge in [-0.3, -0.25) is 9.69 Å². The second kappa shape index (κ2) is 9.27. The van der Waals surface area contributed by atoms with Crippen LogP contribution in [0.4, 0.5) is 0 Å². The molecule has 1 fully saturated rings. The third kappa shape index (κ3) is 4.47. The zero-order valence-electron chi connectivity index (χ0n) is 17.5. The number of piperidine rings is 1. The molecule has 1 aliphatic rings. The number of carboxylic acid groups (broad SMARTS) is 1. The molecule has 1 N–H and O–H groups in total. The summed E-state index contributed by atoms with van der Waals surface area (Å²) in [6.07, 6.45) is 2.70. The van der Waals surface area contributed by atoms with Crippen LogP contribution in [0.2, 0.25) is 0 Å².